The van der Waals surface area contributed by atoms with E-state index < -0.39 is 80.5 Å². The van der Waals surface area contributed by atoms with Crippen molar-refractivity contribution in [2.45, 2.75) is 101 Å². The molecule has 7 atom stereocenters. The van der Waals surface area contributed by atoms with Gasteiger partial charge in [-0.2, -0.15) is 0 Å². The predicted octanol–water partition coefficient (Wildman–Crippen LogP) is 3.64. The highest BCUT2D eigenvalue weighted by Crippen LogP contribution is 2.46. The molecule has 14 nitrogen and oxygen atoms in total. The molecule has 1 aromatic carbocycles. The molecule has 0 bridgehead atoms. The molecule has 4 fully saturated rings. The zero-order valence-corrected chi connectivity index (χ0v) is 30.6. The topological polar surface area (TPSA) is 193 Å². The van der Waals surface area contributed by atoms with Crippen molar-refractivity contribution < 1.29 is 46.6 Å². The maximum absolute atomic E-state index is 14.6. The Morgan fingerprint density at radius 1 is 1.11 bits per heavy atom. The Kier molecular flexibility index (Phi) is 10.0. The molecule has 7 rings (SSSR count). The van der Waals surface area contributed by atoms with E-state index in [0.29, 0.717) is 54.7 Å². The molecule has 4 amide bonds. The SMILES string of the molecule is C[C@H]1CCC=C[C@@H]2C[C@@]2(C(=O)NS(=O)(=O)C2CC2)NC(=O)[C@@H]2C[C@@H](Oc3ncc(OCC4CC4)c4ccc(F)cc34)CN2C(=O)[C@@H](NC(=O)O)[C@H](C)C1. The molecule has 286 valence electrons. The van der Waals surface area contributed by atoms with Crippen LogP contribution in [-0.4, -0.2) is 89.4 Å². The van der Waals surface area contributed by atoms with E-state index in [4.69, 9.17) is 9.47 Å². The number of halogens is 1. The first kappa shape index (κ1) is 36.9. The molecular weight excluding hydrogens is 709 g/mol. The number of carbonyl (C=O) groups excluding carboxylic acids is 3. The molecule has 5 aliphatic rings. The molecule has 1 aromatic heterocycles. The Bertz CT molecular complexity index is 1940. The lowest BCUT2D eigenvalue weighted by atomic mass is 9.88. The van der Waals surface area contributed by atoms with Crippen molar-refractivity contribution in [2.24, 2.45) is 23.7 Å². The van der Waals surface area contributed by atoms with Crippen LogP contribution in [0.25, 0.3) is 10.8 Å². The molecule has 0 unspecified atom stereocenters. The van der Waals surface area contributed by atoms with E-state index in [9.17, 15) is 37.1 Å². The van der Waals surface area contributed by atoms with Crippen molar-refractivity contribution in [3.05, 3.63) is 42.4 Å². The Balaban J connectivity index is 1.20. The number of carbonyl (C=O) groups is 4. The number of nitrogens with one attached hydrogen (secondary N) is 3. The number of hydrogen-bond acceptors (Lipinski definition) is 9. The molecule has 2 aromatic rings. The van der Waals surface area contributed by atoms with E-state index in [2.05, 4.69) is 20.3 Å². The minimum Gasteiger partial charge on any atom is -0.491 e. The molecule has 3 heterocycles. The van der Waals surface area contributed by atoms with Gasteiger partial charge in [0.15, 0.2) is 0 Å². The monoisotopic (exact) mass is 755 g/mol. The standard InChI is InChI=1S/C37H46FN5O9S/c1-20-5-3-4-6-23-16-37(23,35(46)42-53(49,50)26-10-11-26)41-32(44)29-15-25(18-43(29)34(45)31(21(2)13-20)40-36(47)48)52-33-28-14-24(38)9-12-27(28)30(17-39-33)51-19-22-7-8-22/h4,6,9,12,14,17,20-23,25-26,29,31,40H,3,5,7-8,10-11,13,15-16,18-19H2,1-2H3,(H,41,44)(H,42,46)(H,47,48)/t20-,21+,23+,25+,29-,31-,37+/m0/s1. The summed E-state index contributed by atoms with van der Waals surface area (Å²) < 4.78 is 54.7. The third-order valence-corrected chi connectivity index (χ3v) is 12.9. The largest absolute Gasteiger partial charge is 0.491 e. The van der Waals surface area contributed by atoms with Gasteiger partial charge in [-0.15, -0.1) is 0 Å². The quantitative estimate of drug-likeness (QED) is 0.275. The molecule has 3 aliphatic carbocycles. The normalized spacial score (nSPS) is 30.7. The summed E-state index contributed by atoms with van der Waals surface area (Å²) in [5.74, 6) is -2.53. The van der Waals surface area contributed by atoms with Crippen molar-refractivity contribution in [3.63, 3.8) is 0 Å². The van der Waals surface area contributed by atoms with E-state index in [1.807, 2.05) is 19.1 Å². The van der Waals surface area contributed by atoms with Crippen LogP contribution in [0.5, 0.6) is 11.6 Å². The van der Waals surface area contributed by atoms with E-state index in [1.165, 1.54) is 23.2 Å². The van der Waals surface area contributed by atoms with Crippen molar-refractivity contribution in [3.8, 4) is 11.6 Å². The minimum atomic E-state index is -3.93. The summed E-state index contributed by atoms with van der Waals surface area (Å²) in [7, 11) is -3.93. The number of sulfonamides is 1. The van der Waals surface area contributed by atoms with Gasteiger partial charge >= 0.3 is 6.09 Å². The molecule has 16 heteroatoms. The molecule has 53 heavy (non-hydrogen) atoms. The average Bonchev–Trinajstić information content (AvgIpc) is 3.99. The van der Waals surface area contributed by atoms with Gasteiger partial charge in [-0.3, -0.25) is 19.1 Å². The zero-order chi connectivity index (χ0) is 37.7. The van der Waals surface area contributed by atoms with Crippen molar-refractivity contribution in [2.75, 3.05) is 13.2 Å². The van der Waals surface area contributed by atoms with E-state index in [1.54, 1.807) is 13.0 Å². The molecule has 4 N–H and O–H groups in total. The Morgan fingerprint density at radius 2 is 1.89 bits per heavy atom. The minimum absolute atomic E-state index is 0.0646. The fourth-order valence-electron chi connectivity index (χ4n) is 7.65. The third-order valence-electron chi connectivity index (χ3n) is 11.1. The molecular formula is C37H46FN5O9S. The van der Waals surface area contributed by atoms with Crippen LogP contribution in [0.4, 0.5) is 9.18 Å². The van der Waals surface area contributed by atoms with Crippen molar-refractivity contribution in [1.82, 2.24) is 25.2 Å². The first-order valence-electron chi connectivity index (χ1n) is 18.5. The number of benzene rings is 1. The predicted molar refractivity (Wildman–Crippen MR) is 190 cm³/mol. The lowest BCUT2D eigenvalue weighted by Gasteiger charge is -2.32. The fraction of sp³-hybridized carbons (Fsp3) is 0.595. The molecule has 0 radical (unpaired) electrons. The summed E-state index contributed by atoms with van der Waals surface area (Å²) >= 11 is 0. The van der Waals surface area contributed by atoms with Gasteiger partial charge in [0.25, 0.3) is 5.91 Å². The maximum Gasteiger partial charge on any atom is 0.405 e. The number of ether oxygens (including phenoxy) is 2. The Labute approximate surface area is 307 Å². The second-order valence-corrected chi connectivity index (χ2v) is 17.5. The van der Waals surface area contributed by atoms with E-state index >= 15 is 0 Å². The van der Waals surface area contributed by atoms with E-state index in [0.717, 1.165) is 19.3 Å². The number of hydrogen-bond donors (Lipinski definition) is 4. The fourth-order valence-corrected chi connectivity index (χ4v) is 9.02. The van der Waals surface area contributed by atoms with Gasteiger partial charge in [-0.25, -0.2) is 22.6 Å². The van der Waals surface area contributed by atoms with Gasteiger partial charge in [-0.1, -0.05) is 26.0 Å². The van der Waals surface area contributed by atoms with Gasteiger partial charge in [0.05, 0.1) is 30.0 Å². The Morgan fingerprint density at radius 3 is 2.60 bits per heavy atom. The second kappa shape index (κ2) is 14.4. The second-order valence-electron chi connectivity index (χ2n) is 15.6. The van der Waals surface area contributed by atoms with Crippen LogP contribution < -0.4 is 24.8 Å². The summed E-state index contributed by atoms with van der Waals surface area (Å²) in [5.41, 5.74) is -1.56. The van der Waals surface area contributed by atoms with Gasteiger partial charge in [0.1, 0.15) is 35.3 Å². The summed E-state index contributed by atoms with van der Waals surface area (Å²) in [6.45, 7) is 4.16. The van der Waals surface area contributed by atoms with Crippen molar-refractivity contribution >= 4 is 44.6 Å². The lowest BCUT2D eigenvalue weighted by Crippen LogP contribution is -2.59. The summed E-state index contributed by atoms with van der Waals surface area (Å²) in [6.07, 6.45) is 8.00. The van der Waals surface area contributed by atoms with E-state index in [-0.39, 0.29) is 31.2 Å². The summed E-state index contributed by atoms with van der Waals surface area (Å²) in [6, 6.07) is 1.75. The summed E-state index contributed by atoms with van der Waals surface area (Å²) in [5, 5.41) is 15.2. The highest BCUT2D eigenvalue weighted by molar-refractivity contribution is 7.91. The van der Waals surface area contributed by atoms with Crippen LogP contribution in [-0.2, 0) is 24.4 Å². The smallest absolute Gasteiger partial charge is 0.405 e. The number of aromatic nitrogens is 1. The average molecular weight is 756 g/mol. The van der Waals surface area contributed by atoms with Crippen LogP contribution in [0.2, 0.25) is 0 Å². The van der Waals surface area contributed by atoms with Crippen LogP contribution in [0, 0.1) is 29.5 Å². The Hall–Kier alpha value is -4.47. The van der Waals surface area contributed by atoms with Gasteiger partial charge in [-0.05, 0) is 87.3 Å². The van der Waals surface area contributed by atoms with Crippen LogP contribution in [0.15, 0.2) is 36.5 Å². The number of allylic oxidation sites excluding steroid dienone is 1. The number of amides is 4. The van der Waals surface area contributed by atoms with Crippen LogP contribution in [0.3, 0.4) is 0 Å². The highest BCUT2D eigenvalue weighted by atomic mass is 32.2. The lowest BCUT2D eigenvalue weighted by molar-refractivity contribution is -0.142. The number of rotatable bonds is 9. The summed E-state index contributed by atoms with van der Waals surface area (Å²) in [4.78, 5) is 60.0. The maximum atomic E-state index is 14.6. The zero-order valence-electron chi connectivity index (χ0n) is 29.8. The first-order chi connectivity index (χ1) is 25.2. The molecule has 0 spiro atoms. The number of pyridine rings is 1. The van der Waals surface area contributed by atoms with Gasteiger partial charge in [0, 0.05) is 17.7 Å². The third kappa shape index (κ3) is 8.06. The highest BCUT2D eigenvalue weighted by Gasteiger charge is 2.62. The number of carboxylic acid groups (broad SMARTS) is 1. The van der Waals surface area contributed by atoms with Crippen molar-refractivity contribution in [1.29, 1.82) is 0 Å². The molecule has 1 saturated heterocycles. The molecule has 3 saturated carbocycles. The first-order valence-corrected chi connectivity index (χ1v) is 20.0. The molecule has 2 aliphatic heterocycles. The van der Waals surface area contributed by atoms with Gasteiger partial charge in [0.2, 0.25) is 27.7 Å². The van der Waals surface area contributed by atoms with Crippen LogP contribution in [0.1, 0.15) is 71.6 Å². The van der Waals surface area contributed by atoms with Crippen LogP contribution >= 0.6 is 0 Å². The number of nitrogens with zero attached hydrogens (tertiary/aromatic N) is 2. The number of fused-ring (bicyclic) bond motifs is 3. The van der Waals surface area contributed by atoms with Gasteiger partial charge < -0.3 is 30.1 Å².